The third-order valence-electron chi connectivity index (χ3n) is 4.99. The predicted molar refractivity (Wildman–Crippen MR) is 140 cm³/mol. The molecule has 198 valence electrons. The first-order valence-corrected chi connectivity index (χ1v) is 11.5. The van der Waals surface area contributed by atoms with Crippen molar-refractivity contribution in [2.24, 2.45) is 0 Å². The van der Waals surface area contributed by atoms with Crippen molar-refractivity contribution < 1.29 is 34.0 Å². The molecule has 2 unspecified atom stereocenters. The van der Waals surface area contributed by atoms with E-state index in [-0.39, 0.29) is 23.3 Å². The number of halogens is 1. The van der Waals surface area contributed by atoms with Crippen LogP contribution in [0.25, 0.3) is 11.6 Å². The molecule has 0 bridgehead atoms. The van der Waals surface area contributed by atoms with Crippen molar-refractivity contribution in [1.82, 2.24) is 0 Å². The van der Waals surface area contributed by atoms with Gasteiger partial charge < -0.3 is 29.6 Å². The summed E-state index contributed by atoms with van der Waals surface area (Å²) in [6.45, 7) is 10.2. The molecule has 36 heavy (non-hydrogen) atoms. The van der Waals surface area contributed by atoms with Crippen LogP contribution >= 0.6 is 0 Å². The van der Waals surface area contributed by atoms with Gasteiger partial charge in [0, 0.05) is 23.8 Å². The van der Waals surface area contributed by atoms with E-state index in [1.54, 1.807) is 33.1 Å². The lowest BCUT2D eigenvalue weighted by molar-refractivity contribution is -0.100. The molecular formula is C28H37FO7. The fourth-order valence-electron chi connectivity index (χ4n) is 3.23. The van der Waals surface area contributed by atoms with Gasteiger partial charge in [-0.2, -0.15) is 0 Å². The maximum Gasteiger partial charge on any atom is 0.186 e. The quantitative estimate of drug-likeness (QED) is 0.276. The topological polar surface area (TPSA) is 120 Å². The molecule has 1 aromatic heterocycles. The summed E-state index contributed by atoms with van der Waals surface area (Å²) in [6, 6.07) is 2.63. The van der Waals surface area contributed by atoms with Gasteiger partial charge >= 0.3 is 0 Å². The molecule has 1 aromatic rings. The maximum absolute atomic E-state index is 12.2. The first-order chi connectivity index (χ1) is 16.8. The van der Waals surface area contributed by atoms with Crippen LogP contribution in [0.3, 0.4) is 0 Å². The molecule has 0 fully saturated rings. The van der Waals surface area contributed by atoms with E-state index in [9.17, 15) is 19.4 Å². The van der Waals surface area contributed by atoms with Crippen molar-refractivity contribution in [2.75, 3.05) is 0 Å². The van der Waals surface area contributed by atoms with Crippen LogP contribution in [0.1, 0.15) is 65.9 Å². The highest BCUT2D eigenvalue weighted by atomic mass is 19.1. The molecule has 2 atom stereocenters. The van der Waals surface area contributed by atoms with Crippen LogP contribution in [0.15, 0.2) is 80.9 Å². The number of rotatable bonds is 6. The number of allylic oxidation sites excluding steroid dienone is 7. The van der Waals surface area contributed by atoms with Crippen LogP contribution in [0.4, 0.5) is 4.39 Å². The summed E-state index contributed by atoms with van der Waals surface area (Å²) in [7, 11) is 0. The van der Waals surface area contributed by atoms with E-state index < -0.39 is 17.8 Å². The largest absolute Gasteiger partial charge is 0.515 e. The Morgan fingerprint density at radius 2 is 1.83 bits per heavy atom. The first kappa shape index (κ1) is 30.7. The van der Waals surface area contributed by atoms with Gasteiger partial charge in [0.2, 0.25) is 0 Å². The van der Waals surface area contributed by atoms with E-state index in [4.69, 9.17) is 19.4 Å². The zero-order chi connectivity index (χ0) is 27.5. The summed E-state index contributed by atoms with van der Waals surface area (Å²) in [4.78, 5) is 12.2. The Morgan fingerprint density at radius 3 is 2.36 bits per heavy atom. The second kappa shape index (κ2) is 14.3. The van der Waals surface area contributed by atoms with E-state index in [2.05, 4.69) is 6.08 Å². The van der Waals surface area contributed by atoms with E-state index in [1.807, 2.05) is 19.9 Å². The Balaban J connectivity index is 0.00000118. The van der Waals surface area contributed by atoms with Gasteiger partial charge in [-0.05, 0) is 77.7 Å². The molecular weight excluding hydrogens is 467 g/mol. The summed E-state index contributed by atoms with van der Waals surface area (Å²) < 4.78 is 22.3. The molecule has 0 saturated heterocycles. The van der Waals surface area contributed by atoms with Gasteiger partial charge in [-0.15, -0.1) is 0 Å². The third-order valence-corrected chi connectivity index (χ3v) is 4.99. The minimum absolute atomic E-state index is 0.139. The second-order valence-electron chi connectivity index (χ2n) is 9.28. The van der Waals surface area contributed by atoms with Gasteiger partial charge in [0.1, 0.15) is 29.7 Å². The molecule has 0 aliphatic carbocycles. The number of aliphatic hydroxyl groups is 4. The molecule has 1 aliphatic rings. The number of hydrogen-bond acceptors (Lipinski definition) is 7. The SMILES string of the molecule is C/C(O)=C\F.CC(C)=CCCC1=C\OC(C(C)(C)O)C(O)/C(C)=C/C(c2cc(=O)cc(/C=C/O)o2)=C\1. The van der Waals surface area contributed by atoms with Crippen LogP contribution in [0.5, 0.6) is 0 Å². The van der Waals surface area contributed by atoms with Crippen LogP contribution in [0.2, 0.25) is 0 Å². The molecule has 0 amide bonds. The van der Waals surface area contributed by atoms with Crippen molar-refractivity contribution >= 4 is 11.6 Å². The Labute approximate surface area is 211 Å². The van der Waals surface area contributed by atoms with Gasteiger partial charge in [-0.25, -0.2) is 4.39 Å². The average Bonchev–Trinajstić information content (AvgIpc) is 2.82. The molecule has 0 radical (unpaired) electrons. The average molecular weight is 505 g/mol. The van der Waals surface area contributed by atoms with Gasteiger partial charge in [-0.3, -0.25) is 4.79 Å². The van der Waals surface area contributed by atoms with Gasteiger partial charge in [0.15, 0.2) is 11.5 Å². The highest BCUT2D eigenvalue weighted by Crippen LogP contribution is 2.29. The molecule has 1 aliphatic heterocycles. The summed E-state index contributed by atoms with van der Waals surface area (Å²) in [5.74, 6) is 0.213. The molecule has 7 nitrogen and oxygen atoms in total. The molecule has 0 saturated carbocycles. The fourth-order valence-corrected chi connectivity index (χ4v) is 3.23. The lowest BCUT2D eigenvalue weighted by Crippen LogP contribution is -2.46. The Hall–Kier alpha value is -3.36. The zero-order valence-electron chi connectivity index (χ0n) is 21.7. The van der Waals surface area contributed by atoms with Crippen molar-refractivity contribution in [3.8, 4) is 0 Å². The first-order valence-electron chi connectivity index (χ1n) is 11.5. The molecule has 2 heterocycles. The number of aliphatic hydroxyl groups excluding tert-OH is 3. The number of ether oxygens (including phenoxy) is 1. The lowest BCUT2D eigenvalue weighted by Gasteiger charge is -2.32. The van der Waals surface area contributed by atoms with Gasteiger partial charge in [-0.1, -0.05) is 11.6 Å². The molecule has 2 rings (SSSR count). The Kier molecular flexibility index (Phi) is 12.1. The van der Waals surface area contributed by atoms with Crippen LogP contribution in [-0.4, -0.2) is 38.2 Å². The van der Waals surface area contributed by atoms with Crippen LogP contribution in [-0.2, 0) is 4.74 Å². The summed E-state index contributed by atoms with van der Waals surface area (Å²) >= 11 is 0. The normalized spacial score (nSPS) is 23.2. The summed E-state index contributed by atoms with van der Waals surface area (Å²) in [5.41, 5.74) is 1.56. The summed E-state index contributed by atoms with van der Waals surface area (Å²) in [6.07, 6.45) is 8.90. The highest BCUT2D eigenvalue weighted by molar-refractivity contribution is 5.74. The zero-order valence-corrected chi connectivity index (χ0v) is 21.7. The fraction of sp³-hybridized carbons (Fsp3) is 0.393. The molecule has 0 aromatic carbocycles. The van der Waals surface area contributed by atoms with Crippen LogP contribution in [0, 0.1) is 0 Å². The van der Waals surface area contributed by atoms with Crippen molar-refractivity contribution in [2.45, 2.75) is 72.2 Å². The van der Waals surface area contributed by atoms with Crippen LogP contribution < -0.4 is 5.43 Å². The Bertz CT molecular complexity index is 1100. The maximum atomic E-state index is 12.2. The molecule has 8 heteroatoms. The minimum Gasteiger partial charge on any atom is -0.515 e. The number of hydrogen-bond donors (Lipinski definition) is 4. The summed E-state index contributed by atoms with van der Waals surface area (Å²) in [5, 5.41) is 38.3. The monoisotopic (exact) mass is 504 g/mol. The smallest absolute Gasteiger partial charge is 0.186 e. The van der Waals surface area contributed by atoms with E-state index >= 15 is 0 Å². The second-order valence-corrected chi connectivity index (χ2v) is 9.28. The van der Waals surface area contributed by atoms with Crippen molar-refractivity contribution in [3.05, 3.63) is 93.4 Å². The van der Waals surface area contributed by atoms with Crippen molar-refractivity contribution in [3.63, 3.8) is 0 Å². The minimum atomic E-state index is -1.29. The molecule has 4 N–H and O–H groups in total. The lowest BCUT2D eigenvalue weighted by atomic mass is 9.91. The highest BCUT2D eigenvalue weighted by Gasteiger charge is 2.36. The van der Waals surface area contributed by atoms with E-state index in [0.29, 0.717) is 23.3 Å². The van der Waals surface area contributed by atoms with E-state index in [1.165, 1.54) is 30.7 Å². The third kappa shape index (κ3) is 10.5. The van der Waals surface area contributed by atoms with E-state index in [0.717, 1.165) is 18.3 Å². The predicted octanol–water partition coefficient (Wildman–Crippen LogP) is 6.03. The molecule has 0 spiro atoms. The Morgan fingerprint density at radius 1 is 1.19 bits per heavy atom. The standard InChI is InChI=1S/C25H32O6.C3H5FO/c1-16(2)7-6-8-18-12-19(22-14-20(27)13-21(31-22)9-10-26)11-17(3)23(28)24(30-15-18)25(4,5)29;1-3(5)2-4/h7,9-15,23-24,26,28-29H,6,8H2,1-5H3;2,5H,1H3/b10-9+,17-11+,18-15+,19-12+;3-2+. The van der Waals surface area contributed by atoms with Gasteiger partial charge in [0.05, 0.1) is 18.1 Å². The van der Waals surface area contributed by atoms with Gasteiger partial charge in [0.25, 0.3) is 0 Å². The van der Waals surface area contributed by atoms with Crippen molar-refractivity contribution in [1.29, 1.82) is 0 Å².